The number of carbonyl (C=O) groups is 2. The second-order valence-electron chi connectivity index (χ2n) is 6.96. The van der Waals surface area contributed by atoms with Gasteiger partial charge in [-0.2, -0.15) is 4.99 Å². The number of nitrogens with zero attached hydrogens (tertiary/aromatic N) is 3. The van der Waals surface area contributed by atoms with Crippen molar-refractivity contribution in [1.82, 2.24) is 9.47 Å². The Morgan fingerprint density at radius 2 is 2.14 bits per heavy atom. The Morgan fingerprint density at radius 1 is 1.28 bits per heavy atom. The Labute approximate surface area is 170 Å². The molecule has 3 heterocycles. The van der Waals surface area contributed by atoms with E-state index in [0.717, 1.165) is 6.42 Å². The maximum absolute atomic E-state index is 14.0. The third-order valence-electron chi connectivity index (χ3n) is 4.99. The van der Waals surface area contributed by atoms with Crippen LogP contribution in [0.5, 0.6) is 0 Å². The molecular weight excluding hydrogens is 393 g/mol. The average Bonchev–Trinajstić information content (AvgIpc) is 3.42. The molecule has 29 heavy (non-hydrogen) atoms. The van der Waals surface area contributed by atoms with Gasteiger partial charge in [0.25, 0.3) is 11.8 Å². The summed E-state index contributed by atoms with van der Waals surface area (Å²) in [5.41, 5.74) is 1.02. The van der Waals surface area contributed by atoms with Crippen LogP contribution in [0.3, 0.4) is 0 Å². The fourth-order valence-electron chi connectivity index (χ4n) is 3.43. The van der Waals surface area contributed by atoms with Crippen molar-refractivity contribution < 1.29 is 18.4 Å². The Hall–Kier alpha value is -3.00. The molecule has 0 spiro atoms. The highest BCUT2D eigenvalue weighted by molar-refractivity contribution is 7.07. The summed E-state index contributed by atoms with van der Waals surface area (Å²) in [6, 6.07) is 8.17. The number of carbonyl (C=O) groups excluding carboxylic acids is 2. The monoisotopic (exact) mass is 413 g/mol. The van der Waals surface area contributed by atoms with Gasteiger partial charge in [-0.1, -0.05) is 18.2 Å². The van der Waals surface area contributed by atoms with E-state index in [9.17, 15) is 14.0 Å². The van der Waals surface area contributed by atoms with Crippen molar-refractivity contribution in [3.05, 3.63) is 76.2 Å². The number of benzene rings is 1. The first-order valence-electron chi connectivity index (χ1n) is 9.39. The number of amides is 2. The Morgan fingerprint density at radius 3 is 2.93 bits per heavy atom. The van der Waals surface area contributed by atoms with E-state index in [0.29, 0.717) is 42.0 Å². The summed E-state index contributed by atoms with van der Waals surface area (Å²) in [4.78, 5) is 31.8. The smallest absolute Gasteiger partial charge is 0.257 e. The van der Waals surface area contributed by atoms with E-state index < -0.39 is 0 Å². The minimum absolute atomic E-state index is 0.137. The maximum atomic E-state index is 14.0. The van der Waals surface area contributed by atoms with E-state index in [1.165, 1.54) is 29.9 Å². The number of thiazole rings is 1. The van der Waals surface area contributed by atoms with Gasteiger partial charge in [-0.05, 0) is 25.0 Å². The molecule has 1 fully saturated rings. The molecule has 0 bridgehead atoms. The van der Waals surface area contributed by atoms with Crippen LogP contribution in [0.15, 0.2) is 63.8 Å². The Balaban J connectivity index is 1.49. The molecule has 3 aromatic rings. The van der Waals surface area contributed by atoms with Gasteiger partial charge in [0.05, 0.1) is 24.3 Å². The molecule has 0 saturated carbocycles. The van der Waals surface area contributed by atoms with Gasteiger partial charge in [-0.3, -0.25) is 9.59 Å². The lowest BCUT2D eigenvalue weighted by Crippen LogP contribution is -2.42. The van der Waals surface area contributed by atoms with E-state index in [1.54, 1.807) is 39.9 Å². The number of hydrogen-bond donors (Lipinski definition) is 0. The van der Waals surface area contributed by atoms with Crippen LogP contribution >= 0.6 is 11.3 Å². The quantitative estimate of drug-likeness (QED) is 0.659. The molecule has 2 amide bonds. The summed E-state index contributed by atoms with van der Waals surface area (Å²) in [5.74, 6) is -1.02. The van der Waals surface area contributed by atoms with Gasteiger partial charge in [0.1, 0.15) is 12.1 Å². The standard InChI is InChI=1S/C21H20FN3O3S/c22-18-6-2-1-4-15(18)12-25-9-11-29-21(25)23-19(26)16-5-3-8-24(13-16)20(27)17-7-10-28-14-17/h1-2,4,6-7,9-11,14,16H,3,5,8,12-13H2. The van der Waals surface area contributed by atoms with Crippen LogP contribution < -0.4 is 4.80 Å². The van der Waals surface area contributed by atoms with Gasteiger partial charge in [-0.25, -0.2) is 4.39 Å². The molecule has 150 valence electrons. The van der Waals surface area contributed by atoms with Crippen LogP contribution in [0, 0.1) is 11.7 Å². The van der Waals surface area contributed by atoms with E-state index in [1.807, 2.05) is 5.38 Å². The van der Waals surface area contributed by atoms with Crippen molar-refractivity contribution in [2.45, 2.75) is 19.4 Å². The largest absolute Gasteiger partial charge is 0.472 e. The highest BCUT2D eigenvalue weighted by Gasteiger charge is 2.29. The van der Waals surface area contributed by atoms with E-state index in [2.05, 4.69) is 4.99 Å². The summed E-state index contributed by atoms with van der Waals surface area (Å²) in [6.07, 6.45) is 6.10. The lowest BCUT2D eigenvalue weighted by atomic mass is 9.97. The number of likely N-dealkylation sites (tertiary alicyclic amines) is 1. The van der Waals surface area contributed by atoms with Gasteiger partial charge in [0.2, 0.25) is 0 Å². The second-order valence-corrected chi connectivity index (χ2v) is 7.83. The van der Waals surface area contributed by atoms with Crippen LogP contribution in [-0.2, 0) is 11.3 Å². The van der Waals surface area contributed by atoms with Gasteiger partial charge < -0.3 is 13.9 Å². The first-order valence-corrected chi connectivity index (χ1v) is 10.3. The topological polar surface area (TPSA) is 67.8 Å². The van der Waals surface area contributed by atoms with Crippen LogP contribution in [0.1, 0.15) is 28.8 Å². The van der Waals surface area contributed by atoms with Gasteiger partial charge >= 0.3 is 0 Å². The fourth-order valence-corrected chi connectivity index (χ4v) is 4.17. The zero-order chi connectivity index (χ0) is 20.2. The fraction of sp³-hybridized carbons (Fsp3) is 0.286. The van der Waals surface area contributed by atoms with Crippen molar-refractivity contribution in [3.63, 3.8) is 0 Å². The van der Waals surface area contributed by atoms with Crippen molar-refractivity contribution in [2.75, 3.05) is 13.1 Å². The molecule has 1 aliphatic rings. The molecule has 0 N–H and O–H groups in total. The molecule has 4 rings (SSSR count). The zero-order valence-electron chi connectivity index (χ0n) is 15.7. The molecule has 0 aliphatic carbocycles. The summed E-state index contributed by atoms with van der Waals surface area (Å²) in [7, 11) is 0. The van der Waals surface area contributed by atoms with Crippen molar-refractivity contribution in [1.29, 1.82) is 0 Å². The summed E-state index contributed by atoms with van der Waals surface area (Å²) in [6.45, 7) is 1.25. The van der Waals surface area contributed by atoms with Crippen molar-refractivity contribution in [3.8, 4) is 0 Å². The molecule has 8 heteroatoms. The van der Waals surface area contributed by atoms with E-state index in [4.69, 9.17) is 4.42 Å². The SMILES string of the molecule is O=C(N=c1sccn1Cc1ccccc1F)C1CCCN(C(=O)c2ccoc2)C1. The normalized spacial score (nSPS) is 17.5. The Kier molecular flexibility index (Phi) is 5.71. The molecule has 1 atom stereocenters. The number of furan rings is 1. The Bertz CT molecular complexity index is 1070. The predicted octanol–water partition coefficient (Wildman–Crippen LogP) is 3.31. The second kappa shape index (κ2) is 8.57. The lowest BCUT2D eigenvalue weighted by Gasteiger charge is -2.30. The number of aromatic nitrogens is 1. The molecule has 1 saturated heterocycles. The van der Waals surface area contributed by atoms with Crippen LogP contribution in [-0.4, -0.2) is 34.4 Å². The minimum atomic E-state index is -0.344. The van der Waals surface area contributed by atoms with Crippen LogP contribution in [0.2, 0.25) is 0 Å². The maximum Gasteiger partial charge on any atom is 0.257 e. The molecular formula is C21H20FN3O3S. The summed E-state index contributed by atoms with van der Waals surface area (Å²) < 4.78 is 20.7. The zero-order valence-corrected chi connectivity index (χ0v) is 16.5. The molecule has 6 nitrogen and oxygen atoms in total. The summed E-state index contributed by atoms with van der Waals surface area (Å²) >= 11 is 1.33. The highest BCUT2D eigenvalue weighted by atomic mass is 32.1. The molecule has 1 aromatic carbocycles. The van der Waals surface area contributed by atoms with E-state index in [-0.39, 0.29) is 23.5 Å². The number of hydrogen-bond acceptors (Lipinski definition) is 4. The van der Waals surface area contributed by atoms with Gasteiger partial charge in [-0.15, -0.1) is 11.3 Å². The first kappa shape index (κ1) is 19.3. The van der Waals surface area contributed by atoms with Crippen molar-refractivity contribution in [2.24, 2.45) is 10.9 Å². The lowest BCUT2D eigenvalue weighted by molar-refractivity contribution is -0.123. The van der Waals surface area contributed by atoms with Gasteiger partial charge in [0.15, 0.2) is 4.80 Å². The van der Waals surface area contributed by atoms with Crippen LogP contribution in [0.25, 0.3) is 0 Å². The number of halogens is 1. The minimum Gasteiger partial charge on any atom is -0.472 e. The van der Waals surface area contributed by atoms with E-state index >= 15 is 0 Å². The number of piperidine rings is 1. The summed E-state index contributed by atoms with van der Waals surface area (Å²) in [5, 5.41) is 1.82. The highest BCUT2D eigenvalue weighted by Crippen LogP contribution is 2.20. The van der Waals surface area contributed by atoms with Crippen LogP contribution in [0.4, 0.5) is 4.39 Å². The average molecular weight is 413 g/mol. The molecule has 1 unspecified atom stereocenters. The molecule has 0 radical (unpaired) electrons. The molecule has 1 aliphatic heterocycles. The predicted molar refractivity (Wildman–Crippen MR) is 106 cm³/mol. The number of rotatable bonds is 4. The molecule has 2 aromatic heterocycles. The first-order chi connectivity index (χ1) is 14.1. The van der Waals surface area contributed by atoms with Crippen molar-refractivity contribution >= 4 is 23.2 Å². The van der Waals surface area contributed by atoms with Gasteiger partial charge in [0, 0.05) is 30.2 Å². The third kappa shape index (κ3) is 4.37. The third-order valence-corrected chi connectivity index (χ3v) is 5.78.